The first-order chi connectivity index (χ1) is 11.2. The van der Waals surface area contributed by atoms with E-state index in [0.717, 1.165) is 41.8 Å². The van der Waals surface area contributed by atoms with Crippen molar-refractivity contribution < 1.29 is 5.11 Å². The van der Waals surface area contributed by atoms with Gasteiger partial charge < -0.3 is 14.6 Å². The number of fused-ring (bicyclic) bond motifs is 1. The van der Waals surface area contributed by atoms with Crippen LogP contribution in [0.25, 0.3) is 22.4 Å². The van der Waals surface area contributed by atoms with Crippen LogP contribution in [-0.2, 0) is 7.05 Å². The van der Waals surface area contributed by atoms with Gasteiger partial charge >= 0.3 is 0 Å². The lowest BCUT2D eigenvalue weighted by Crippen LogP contribution is -2.38. The molecule has 0 aliphatic carbocycles. The second-order valence-corrected chi connectivity index (χ2v) is 6.00. The Morgan fingerprint density at radius 1 is 1.17 bits per heavy atom. The molecule has 3 aromatic heterocycles. The average Bonchev–Trinajstić information content (AvgIpc) is 2.96. The second kappa shape index (κ2) is 5.62. The van der Waals surface area contributed by atoms with Crippen molar-refractivity contribution in [3.05, 3.63) is 36.8 Å². The van der Waals surface area contributed by atoms with Gasteiger partial charge in [-0.3, -0.25) is 0 Å². The van der Waals surface area contributed by atoms with E-state index in [-0.39, 0.29) is 6.10 Å². The first-order valence-electron chi connectivity index (χ1n) is 7.89. The SMILES string of the molecule is Cn1ccc2c(-c3nccc(N4CCC[C@H](O)C4)n3)ccnc21. The van der Waals surface area contributed by atoms with Crippen molar-refractivity contribution >= 4 is 16.9 Å². The number of rotatable bonds is 2. The molecule has 0 unspecified atom stereocenters. The Bertz CT molecular complexity index is 844. The molecule has 1 aliphatic rings. The van der Waals surface area contributed by atoms with E-state index in [4.69, 9.17) is 4.98 Å². The molecule has 3 aromatic rings. The summed E-state index contributed by atoms with van der Waals surface area (Å²) in [5.74, 6) is 1.57. The van der Waals surface area contributed by atoms with E-state index in [0.29, 0.717) is 12.4 Å². The number of nitrogens with zero attached hydrogens (tertiary/aromatic N) is 5. The highest BCUT2D eigenvalue weighted by molar-refractivity contribution is 5.91. The Morgan fingerprint density at radius 2 is 2.04 bits per heavy atom. The molecule has 4 heterocycles. The lowest BCUT2D eigenvalue weighted by atomic mass is 10.1. The van der Waals surface area contributed by atoms with Crippen LogP contribution >= 0.6 is 0 Å². The smallest absolute Gasteiger partial charge is 0.162 e. The first-order valence-corrected chi connectivity index (χ1v) is 7.89. The second-order valence-electron chi connectivity index (χ2n) is 6.00. The Morgan fingerprint density at radius 3 is 2.91 bits per heavy atom. The van der Waals surface area contributed by atoms with Gasteiger partial charge in [-0.15, -0.1) is 0 Å². The largest absolute Gasteiger partial charge is 0.391 e. The molecular weight excluding hydrogens is 290 g/mol. The van der Waals surface area contributed by atoms with Crippen molar-refractivity contribution in [3.8, 4) is 11.4 Å². The molecule has 0 saturated carbocycles. The van der Waals surface area contributed by atoms with Gasteiger partial charge in [-0.2, -0.15) is 0 Å². The van der Waals surface area contributed by atoms with E-state index in [1.807, 2.05) is 36.0 Å². The van der Waals surface area contributed by atoms with Crippen molar-refractivity contribution in [2.24, 2.45) is 7.05 Å². The highest BCUT2D eigenvalue weighted by atomic mass is 16.3. The fourth-order valence-electron chi connectivity index (χ4n) is 3.18. The molecule has 0 spiro atoms. The zero-order chi connectivity index (χ0) is 15.8. The molecule has 4 rings (SSSR count). The Labute approximate surface area is 134 Å². The van der Waals surface area contributed by atoms with Crippen molar-refractivity contribution in [1.29, 1.82) is 0 Å². The minimum Gasteiger partial charge on any atom is -0.391 e. The number of β-amino-alcohol motifs (C(OH)–C–C–N with tert-alkyl or cyclic N) is 1. The minimum atomic E-state index is -0.274. The number of aliphatic hydroxyl groups is 1. The minimum absolute atomic E-state index is 0.274. The molecule has 1 aliphatic heterocycles. The quantitative estimate of drug-likeness (QED) is 0.784. The highest BCUT2D eigenvalue weighted by Gasteiger charge is 2.19. The molecule has 0 bridgehead atoms. The third kappa shape index (κ3) is 2.55. The Balaban J connectivity index is 1.75. The number of aryl methyl sites for hydroxylation is 1. The summed E-state index contributed by atoms with van der Waals surface area (Å²) in [5.41, 5.74) is 1.90. The number of pyridine rings is 1. The average molecular weight is 309 g/mol. The van der Waals surface area contributed by atoms with E-state index in [1.165, 1.54) is 0 Å². The van der Waals surface area contributed by atoms with Gasteiger partial charge in [0.05, 0.1) is 6.10 Å². The van der Waals surface area contributed by atoms with Crippen molar-refractivity contribution in [2.45, 2.75) is 18.9 Å². The molecule has 1 fully saturated rings. The third-order valence-corrected chi connectivity index (χ3v) is 4.37. The molecule has 1 saturated heterocycles. The fourth-order valence-corrected chi connectivity index (χ4v) is 3.18. The van der Waals surface area contributed by atoms with Crippen LogP contribution in [0.4, 0.5) is 5.82 Å². The van der Waals surface area contributed by atoms with E-state index in [9.17, 15) is 5.11 Å². The van der Waals surface area contributed by atoms with E-state index in [2.05, 4.69) is 14.9 Å². The molecule has 1 N–H and O–H groups in total. The van der Waals surface area contributed by atoms with E-state index >= 15 is 0 Å². The maximum absolute atomic E-state index is 9.88. The summed E-state index contributed by atoms with van der Waals surface area (Å²) in [4.78, 5) is 15.7. The molecular formula is C17H19N5O. The molecule has 0 aromatic carbocycles. The summed E-state index contributed by atoms with van der Waals surface area (Å²) < 4.78 is 1.99. The zero-order valence-corrected chi connectivity index (χ0v) is 13.1. The fraction of sp³-hybridized carbons (Fsp3) is 0.353. The van der Waals surface area contributed by atoms with Gasteiger partial charge in [-0.1, -0.05) is 0 Å². The molecule has 23 heavy (non-hydrogen) atoms. The first kappa shape index (κ1) is 14.1. The van der Waals surface area contributed by atoms with Crippen LogP contribution in [0.2, 0.25) is 0 Å². The normalized spacial score (nSPS) is 18.5. The molecule has 0 amide bonds. The van der Waals surface area contributed by atoms with Gasteiger partial charge in [0, 0.05) is 49.7 Å². The van der Waals surface area contributed by atoms with Crippen LogP contribution < -0.4 is 4.90 Å². The maximum atomic E-state index is 9.88. The maximum Gasteiger partial charge on any atom is 0.162 e. The van der Waals surface area contributed by atoms with Gasteiger partial charge in [0.25, 0.3) is 0 Å². The number of anilines is 1. The topological polar surface area (TPSA) is 67.1 Å². The number of hydrogen-bond donors (Lipinski definition) is 1. The highest BCUT2D eigenvalue weighted by Crippen LogP contribution is 2.27. The Kier molecular flexibility index (Phi) is 3.46. The molecule has 6 nitrogen and oxygen atoms in total. The summed E-state index contributed by atoms with van der Waals surface area (Å²) in [7, 11) is 1.98. The monoisotopic (exact) mass is 309 g/mol. The number of aromatic nitrogens is 4. The van der Waals surface area contributed by atoms with Crippen LogP contribution in [0.3, 0.4) is 0 Å². The van der Waals surface area contributed by atoms with Crippen molar-refractivity contribution in [3.63, 3.8) is 0 Å². The van der Waals surface area contributed by atoms with Crippen LogP contribution in [0.5, 0.6) is 0 Å². The van der Waals surface area contributed by atoms with Gasteiger partial charge in [0.1, 0.15) is 11.5 Å². The van der Waals surface area contributed by atoms with E-state index in [1.54, 1.807) is 12.4 Å². The third-order valence-electron chi connectivity index (χ3n) is 4.37. The molecule has 118 valence electrons. The van der Waals surface area contributed by atoms with Gasteiger partial charge in [0.15, 0.2) is 5.82 Å². The number of aliphatic hydroxyl groups excluding tert-OH is 1. The van der Waals surface area contributed by atoms with E-state index < -0.39 is 0 Å². The number of hydrogen-bond acceptors (Lipinski definition) is 5. The summed E-state index contributed by atoms with van der Waals surface area (Å²) in [6, 6.07) is 5.90. The van der Waals surface area contributed by atoms with Gasteiger partial charge in [-0.25, -0.2) is 15.0 Å². The predicted molar refractivity (Wildman–Crippen MR) is 89.2 cm³/mol. The standard InChI is InChI=1S/C17H19N5O/c1-21-10-6-14-13(4-7-19-17(14)21)16-18-8-5-15(20-16)22-9-2-3-12(23)11-22/h4-8,10,12,23H,2-3,9,11H2,1H3/t12-/m0/s1. The van der Waals surface area contributed by atoms with Crippen LogP contribution in [0, 0.1) is 0 Å². The number of piperidine rings is 1. The van der Waals surface area contributed by atoms with Crippen LogP contribution in [0.1, 0.15) is 12.8 Å². The summed E-state index contributed by atoms with van der Waals surface area (Å²) >= 11 is 0. The molecule has 1 atom stereocenters. The lowest BCUT2D eigenvalue weighted by molar-refractivity contribution is 0.154. The molecule has 6 heteroatoms. The van der Waals surface area contributed by atoms with Gasteiger partial charge in [-0.05, 0) is 31.0 Å². The van der Waals surface area contributed by atoms with Crippen LogP contribution in [0.15, 0.2) is 36.8 Å². The Hall–Kier alpha value is -2.47. The summed E-state index contributed by atoms with van der Waals surface area (Å²) in [6.07, 6.45) is 7.14. The zero-order valence-electron chi connectivity index (χ0n) is 13.1. The summed E-state index contributed by atoms with van der Waals surface area (Å²) in [5, 5.41) is 10.9. The van der Waals surface area contributed by atoms with Crippen molar-refractivity contribution in [2.75, 3.05) is 18.0 Å². The van der Waals surface area contributed by atoms with Crippen LogP contribution in [-0.4, -0.2) is 43.8 Å². The predicted octanol–water partition coefficient (Wildman–Crippen LogP) is 1.99. The lowest BCUT2D eigenvalue weighted by Gasteiger charge is -2.31. The molecule has 0 radical (unpaired) electrons. The van der Waals surface area contributed by atoms with Gasteiger partial charge in [0.2, 0.25) is 0 Å². The summed E-state index contributed by atoms with van der Waals surface area (Å²) in [6.45, 7) is 1.55. The van der Waals surface area contributed by atoms with Crippen molar-refractivity contribution in [1.82, 2.24) is 19.5 Å².